The average Bonchev–Trinajstić information content (AvgIpc) is 3.08. The minimum absolute atomic E-state index is 0. The van der Waals surface area contributed by atoms with Crippen LogP contribution in [0.3, 0.4) is 0 Å². The van der Waals surface area contributed by atoms with Crippen molar-refractivity contribution in [3.63, 3.8) is 0 Å². The topological polar surface area (TPSA) is 28.2 Å². The zero-order chi connectivity index (χ0) is 20.4. The van der Waals surface area contributed by atoms with Crippen molar-refractivity contribution in [2.75, 3.05) is 28.2 Å². The smallest absolute Gasteiger partial charge is 0 e. The molecule has 0 bridgehead atoms. The zero-order valence-electron chi connectivity index (χ0n) is 18.9. The molecule has 3 aliphatic rings. The van der Waals surface area contributed by atoms with Crippen molar-refractivity contribution in [2.24, 2.45) is 5.92 Å². The Morgan fingerprint density at radius 2 is 1.68 bits per heavy atom. The molecule has 4 heteroatoms. The molecule has 2 nitrogen and oxygen atoms in total. The van der Waals surface area contributed by atoms with Crippen LogP contribution < -0.4 is 0 Å². The van der Waals surface area contributed by atoms with Gasteiger partial charge >= 0.3 is 0 Å². The van der Waals surface area contributed by atoms with Crippen LogP contribution in [0.25, 0.3) is 10.6 Å². The van der Waals surface area contributed by atoms with Gasteiger partial charge in [0.15, 0.2) is 0 Å². The molecule has 0 aromatic heterocycles. The fourth-order valence-corrected chi connectivity index (χ4v) is 4.66. The Morgan fingerprint density at radius 1 is 1.07 bits per heavy atom. The van der Waals surface area contributed by atoms with Gasteiger partial charge in [-0.15, -0.1) is 40.6 Å². The van der Waals surface area contributed by atoms with Crippen LogP contribution in [0.4, 0.5) is 0 Å². The van der Waals surface area contributed by atoms with Gasteiger partial charge < -0.3 is 10.6 Å². The maximum Gasteiger partial charge on any atom is 0 e. The number of nitrogens with zero attached hydrogens (tertiary/aromatic N) is 2. The van der Waals surface area contributed by atoms with E-state index in [0.29, 0.717) is 5.92 Å². The molecule has 0 fully saturated rings. The minimum Gasteiger partial charge on any atom is -0.668 e. The van der Waals surface area contributed by atoms with Gasteiger partial charge in [0.2, 0.25) is 0 Å². The summed E-state index contributed by atoms with van der Waals surface area (Å²) in [5, 5.41) is 7.00. The van der Waals surface area contributed by atoms with Crippen molar-refractivity contribution in [2.45, 2.75) is 39.8 Å². The summed E-state index contributed by atoms with van der Waals surface area (Å²) in [4.78, 5) is 0. The summed E-state index contributed by atoms with van der Waals surface area (Å²) in [7, 11) is 6.65. The number of fused-ring (bicyclic) bond motifs is 1. The second-order valence-corrected chi connectivity index (χ2v) is 9.78. The third-order valence-electron chi connectivity index (χ3n) is 4.42. The quantitative estimate of drug-likeness (QED) is 0.286. The minimum atomic E-state index is -0.353. The average molecular weight is 558 g/mol. The second kappa shape index (κ2) is 14.3. The normalized spacial score (nSPS) is 19.4. The molecule has 0 heterocycles. The summed E-state index contributed by atoms with van der Waals surface area (Å²) in [5.74, 6) is 0.555. The first-order valence-corrected chi connectivity index (χ1v) is 12.2. The van der Waals surface area contributed by atoms with Crippen molar-refractivity contribution in [1.82, 2.24) is 0 Å². The Labute approximate surface area is 193 Å². The monoisotopic (exact) mass is 559 g/mol. The van der Waals surface area contributed by atoms with E-state index in [1.54, 1.807) is 28.2 Å². The molecule has 0 saturated carbocycles. The van der Waals surface area contributed by atoms with Gasteiger partial charge in [0.25, 0.3) is 0 Å². The molecule has 3 rings (SSSR count). The van der Waals surface area contributed by atoms with Crippen LogP contribution in [0.1, 0.15) is 26.7 Å². The molecular formula is C24H35HfN2Si-3. The third kappa shape index (κ3) is 7.62. The van der Waals surface area contributed by atoms with Crippen LogP contribution in [-0.2, 0) is 25.8 Å². The van der Waals surface area contributed by atoms with Crippen LogP contribution in [0.15, 0.2) is 63.8 Å². The van der Waals surface area contributed by atoms with Gasteiger partial charge in [0, 0.05) is 25.8 Å². The van der Waals surface area contributed by atoms with Crippen molar-refractivity contribution in [3.8, 4) is 0 Å². The summed E-state index contributed by atoms with van der Waals surface area (Å²) in [5.41, 5.74) is 11.2. The molecule has 0 spiro atoms. The molecule has 1 atom stereocenters. The predicted octanol–water partition coefficient (Wildman–Crippen LogP) is 6.20. The van der Waals surface area contributed by atoms with Crippen LogP contribution in [0.5, 0.6) is 0 Å². The van der Waals surface area contributed by atoms with E-state index in [0.717, 1.165) is 12.8 Å². The molecule has 28 heavy (non-hydrogen) atoms. The Balaban J connectivity index is 0.000000930. The molecule has 0 N–H and O–H groups in total. The van der Waals surface area contributed by atoms with Gasteiger partial charge in [-0.2, -0.15) is 33.8 Å². The number of hydrogen-bond donors (Lipinski definition) is 0. The Morgan fingerprint density at radius 3 is 2.18 bits per heavy atom. The van der Waals surface area contributed by atoms with Gasteiger partial charge in [-0.1, -0.05) is 49.4 Å². The van der Waals surface area contributed by atoms with E-state index in [1.807, 2.05) is 0 Å². The molecule has 1 unspecified atom stereocenters. The molecule has 0 aromatic rings. The van der Waals surface area contributed by atoms with Gasteiger partial charge in [0.1, 0.15) is 0 Å². The van der Waals surface area contributed by atoms with Crippen LogP contribution in [0.2, 0.25) is 13.1 Å². The fraction of sp³-hybridized carbons (Fsp3) is 0.458. The molecule has 0 aromatic carbocycles. The van der Waals surface area contributed by atoms with Crippen LogP contribution in [0, 0.1) is 12.0 Å². The summed E-state index contributed by atoms with van der Waals surface area (Å²) in [6.45, 7) is 9.22. The number of allylic oxidation sites excluding steroid dienone is 12. The first-order valence-electron chi connectivity index (χ1n) is 9.61. The number of hydrogen-bond acceptors (Lipinski definition) is 0. The Bertz CT molecular complexity index is 728. The zero-order valence-corrected chi connectivity index (χ0v) is 23.4. The van der Waals surface area contributed by atoms with E-state index < -0.39 is 0 Å². The van der Waals surface area contributed by atoms with Gasteiger partial charge in [-0.3, -0.25) is 0 Å². The Kier molecular flexibility index (Phi) is 14.0. The summed E-state index contributed by atoms with van der Waals surface area (Å²) in [6.07, 6.45) is 17.1. The molecule has 0 saturated heterocycles. The molecule has 0 aliphatic heterocycles. The summed E-state index contributed by atoms with van der Waals surface area (Å²) < 4.78 is 0. The molecule has 0 amide bonds. The molecular weight excluding hydrogens is 523 g/mol. The van der Waals surface area contributed by atoms with E-state index in [-0.39, 0.29) is 34.3 Å². The summed E-state index contributed by atoms with van der Waals surface area (Å²) >= 11 is 0. The van der Waals surface area contributed by atoms with Crippen molar-refractivity contribution < 1.29 is 25.8 Å². The van der Waals surface area contributed by atoms with Gasteiger partial charge in [0.05, 0.1) is 0 Å². The maximum absolute atomic E-state index is 3.63. The first-order chi connectivity index (χ1) is 12.9. The second-order valence-electron chi connectivity index (χ2n) is 7.30. The van der Waals surface area contributed by atoms with Crippen LogP contribution >= 0.6 is 0 Å². The first kappa shape index (κ1) is 27.3. The van der Waals surface area contributed by atoms with E-state index in [9.17, 15) is 0 Å². The van der Waals surface area contributed by atoms with E-state index in [4.69, 9.17) is 0 Å². The molecule has 152 valence electrons. The van der Waals surface area contributed by atoms with Crippen molar-refractivity contribution >= 4 is 14.1 Å². The largest absolute Gasteiger partial charge is 0.668 e. The van der Waals surface area contributed by atoms with Crippen molar-refractivity contribution in [3.05, 3.63) is 80.5 Å². The predicted molar refractivity (Wildman–Crippen MR) is 125 cm³/mol. The van der Waals surface area contributed by atoms with Crippen LogP contribution in [-0.4, -0.2) is 42.3 Å². The van der Waals surface area contributed by atoms with Gasteiger partial charge in [-0.25, -0.2) is 0 Å². The standard InChI is InChI=1S/C20H23Si.2C2H6N.Hf/c1-14-8-7-11-18(14)19-15(2)12-16-9-5-6-10-17(20(16)19)13-21(3)4;2*1-3-2;/h5-9,13,17H,10-11H2,1-4H3;2*1-2H3;/q3*-1;. The number of rotatable bonds is 2. The third-order valence-corrected chi connectivity index (χ3v) is 5.49. The SMILES string of the molecule is CC1=[C-]C2=CC=CCC(C=[Si](C)C)C2=C1C1=C(C)C=CC1.C[N-]C.C[N-]C.[Hf]. The molecule has 0 radical (unpaired) electrons. The maximum atomic E-state index is 3.63. The van der Waals surface area contributed by atoms with Gasteiger partial charge in [-0.05, 0) is 34.1 Å². The summed E-state index contributed by atoms with van der Waals surface area (Å²) in [6, 6.07) is 0. The fourth-order valence-electron chi connectivity index (χ4n) is 3.55. The van der Waals surface area contributed by atoms with E-state index in [2.05, 4.69) is 79.7 Å². The Hall–Kier alpha value is -0.683. The van der Waals surface area contributed by atoms with E-state index >= 15 is 0 Å². The van der Waals surface area contributed by atoms with Crippen molar-refractivity contribution in [1.29, 1.82) is 0 Å². The van der Waals surface area contributed by atoms with E-state index in [1.165, 1.54) is 33.4 Å². The molecule has 3 aliphatic carbocycles.